The lowest BCUT2D eigenvalue weighted by Crippen LogP contribution is -2.34. The molecule has 0 fully saturated rings. The van der Waals surface area contributed by atoms with Crippen LogP contribution in [-0.4, -0.2) is 40.0 Å². The van der Waals surface area contributed by atoms with Crippen LogP contribution in [0.5, 0.6) is 11.5 Å². The molecule has 0 radical (unpaired) electrons. The molecular formula is C22H20Cl2FN3O4S2. The highest BCUT2D eigenvalue weighted by Gasteiger charge is 2.16. The summed E-state index contributed by atoms with van der Waals surface area (Å²) in [6, 6.07) is 7.66. The van der Waals surface area contributed by atoms with Crippen molar-refractivity contribution in [2.24, 2.45) is 0 Å². The van der Waals surface area contributed by atoms with E-state index in [9.17, 15) is 14.0 Å². The number of thiazole rings is 1. The summed E-state index contributed by atoms with van der Waals surface area (Å²) in [6.07, 6.45) is 0.925. The summed E-state index contributed by atoms with van der Waals surface area (Å²) in [7, 11) is 0. The third kappa shape index (κ3) is 7.49. The molecule has 0 saturated carbocycles. The minimum Gasteiger partial charge on any atom is -0.480 e. The summed E-state index contributed by atoms with van der Waals surface area (Å²) in [4.78, 5) is 28.2. The van der Waals surface area contributed by atoms with Crippen LogP contribution >= 0.6 is 46.5 Å². The first-order valence-electron chi connectivity index (χ1n) is 9.96. The predicted molar refractivity (Wildman–Crippen MR) is 133 cm³/mol. The normalized spacial score (nSPS) is 10.7. The molecule has 1 aromatic heterocycles. The zero-order chi connectivity index (χ0) is 24.7. The molecule has 0 atom stereocenters. The maximum Gasteiger partial charge on any atom is 0.323 e. The van der Waals surface area contributed by atoms with Crippen molar-refractivity contribution in [2.75, 3.05) is 17.8 Å². The molecule has 0 spiro atoms. The quantitative estimate of drug-likeness (QED) is 0.271. The number of hydrogen-bond donors (Lipinski definition) is 2. The van der Waals surface area contributed by atoms with E-state index in [0.717, 1.165) is 11.9 Å². The van der Waals surface area contributed by atoms with Gasteiger partial charge in [0.25, 0.3) is 0 Å². The van der Waals surface area contributed by atoms with E-state index in [1.807, 2.05) is 0 Å². The van der Waals surface area contributed by atoms with Gasteiger partial charge in [0.2, 0.25) is 5.91 Å². The Kier molecular flexibility index (Phi) is 9.40. The Labute approximate surface area is 214 Å². The van der Waals surface area contributed by atoms with E-state index in [4.69, 9.17) is 33.0 Å². The highest BCUT2D eigenvalue weighted by molar-refractivity contribution is 8.00. The summed E-state index contributed by atoms with van der Waals surface area (Å²) in [5, 5.41) is 11.5. The Morgan fingerprint density at radius 2 is 2.06 bits per heavy atom. The standard InChI is InChI=1S/C22H20Cl2FN3O4S2/c1-13(29)28(10-22(30)31)6-2-3-14-7-15(23)4-5-18(14)32-19-9-17(25)20(8-16(19)24)34-27-21-11-33-12-26-21/h4-5,7-9,11-12,27H,2-3,6,10H2,1H3,(H,30,31). The zero-order valence-corrected chi connectivity index (χ0v) is 21.0. The van der Waals surface area contributed by atoms with Crippen LogP contribution in [0.25, 0.3) is 0 Å². The molecule has 7 nitrogen and oxygen atoms in total. The second-order valence-corrected chi connectivity index (χ2v) is 9.49. The third-order valence-electron chi connectivity index (χ3n) is 4.57. The molecular weight excluding hydrogens is 524 g/mol. The van der Waals surface area contributed by atoms with E-state index in [-0.39, 0.29) is 34.7 Å². The van der Waals surface area contributed by atoms with Gasteiger partial charge in [-0.25, -0.2) is 9.37 Å². The molecule has 12 heteroatoms. The number of hydrogen-bond acceptors (Lipinski definition) is 7. The number of carboxylic acids is 1. The fourth-order valence-electron chi connectivity index (χ4n) is 2.97. The molecule has 3 aromatic rings. The number of anilines is 1. The smallest absolute Gasteiger partial charge is 0.323 e. The first-order valence-corrected chi connectivity index (χ1v) is 12.5. The summed E-state index contributed by atoms with van der Waals surface area (Å²) in [6.45, 7) is 1.20. The van der Waals surface area contributed by atoms with Crippen molar-refractivity contribution in [2.45, 2.75) is 24.7 Å². The van der Waals surface area contributed by atoms with Gasteiger partial charge in [-0.2, -0.15) is 0 Å². The zero-order valence-electron chi connectivity index (χ0n) is 17.9. The minimum absolute atomic E-state index is 0.136. The minimum atomic E-state index is -1.08. The first kappa shape index (κ1) is 26.1. The van der Waals surface area contributed by atoms with Crippen LogP contribution in [0.15, 0.2) is 46.1 Å². The fraction of sp³-hybridized carbons (Fsp3) is 0.227. The number of carbonyl (C=O) groups is 2. The second kappa shape index (κ2) is 12.3. The molecule has 3 rings (SSSR count). The van der Waals surface area contributed by atoms with Crippen LogP contribution < -0.4 is 9.46 Å². The highest BCUT2D eigenvalue weighted by Crippen LogP contribution is 2.37. The number of nitrogens with one attached hydrogen (secondary N) is 1. The Morgan fingerprint density at radius 1 is 1.26 bits per heavy atom. The Bertz CT molecular complexity index is 1170. The van der Waals surface area contributed by atoms with E-state index < -0.39 is 11.8 Å². The average molecular weight is 544 g/mol. The van der Waals surface area contributed by atoms with Gasteiger partial charge in [0.15, 0.2) is 0 Å². The number of carboxylic acid groups (broad SMARTS) is 1. The largest absolute Gasteiger partial charge is 0.480 e. The number of ether oxygens (including phenoxy) is 1. The van der Waals surface area contributed by atoms with Crippen LogP contribution in [0, 0.1) is 5.82 Å². The van der Waals surface area contributed by atoms with Crippen molar-refractivity contribution in [3.63, 3.8) is 0 Å². The molecule has 180 valence electrons. The number of amides is 1. The van der Waals surface area contributed by atoms with E-state index in [2.05, 4.69) is 9.71 Å². The van der Waals surface area contributed by atoms with Gasteiger partial charge >= 0.3 is 5.97 Å². The van der Waals surface area contributed by atoms with E-state index >= 15 is 0 Å². The van der Waals surface area contributed by atoms with Crippen LogP contribution in [-0.2, 0) is 16.0 Å². The number of benzene rings is 2. The molecule has 0 aliphatic rings. The number of nitrogens with zero attached hydrogens (tertiary/aromatic N) is 2. The van der Waals surface area contributed by atoms with Gasteiger partial charge in [-0.05, 0) is 54.6 Å². The molecule has 0 aliphatic heterocycles. The van der Waals surface area contributed by atoms with E-state index in [1.54, 1.807) is 29.1 Å². The van der Waals surface area contributed by atoms with Gasteiger partial charge in [0, 0.05) is 29.9 Å². The van der Waals surface area contributed by atoms with Gasteiger partial charge < -0.3 is 19.5 Å². The van der Waals surface area contributed by atoms with Gasteiger partial charge in [0.1, 0.15) is 29.7 Å². The van der Waals surface area contributed by atoms with E-state index in [0.29, 0.717) is 35.0 Å². The Balaban J connectivity index is 1.71. The second-order valence-electron chi connectivity index (χ2n) is 7.08. The van der Waals surface area contributed by atoms with Gasteiger partial charge in [-0.15, -0.1) is 11.3 Å². The van der Waals surface area contributed by atoms with Crippen LogP contribution in [0.2, 0.25) is 10.0 Å². The average Bonchev–Trinajstić information content (AvgIpc) is 3.29. The van der Waals surface area contributed by atoms with Crippen molar-refractivity contribution in [3.05, 3.63) is 62.6 Å². The molecule has 0 unspecified atom stereocenters. The third-order valence-corrected chi connectivity index (χ3v) is 6.53. The summed E-state index contributed by atoms with van der Waals surface area (Å²) < 4.78 is 23.5. The highest BCUT2D eigenvalue weighted by atomic mass is 35.5. The van der Waals surface area contributed by atoms with Gasteiger partial charge in [-0.3, -0.25) is 9.59 Å². The Morgan fingerprint density at radius 3 is 2.74 bits per heavy atom. The van der Waals surface area contributed by atoms with Crippen molar-refractivity contribution in [3.8, 4) is 11.5 Å². The molecule has 0 aliphatic carbocycles. The summed E-state index contributed by atoms with van der Waals surface area (Å²) in [5.74, 6) is -0.746. The topological polar surface area (TPSA) is 91.8 Å². The van der Waals surface area contributed by atoms with Crippen LogP contribution in [0.4, 0.5) is 10.2 Å². The van der Waals surface area contributed by atoms with Gasteiger partial charge in [0.05, 0.1) is 15.4 Å². The maximum atomic E-state index is 14.7. The fourth-order valence-corrected chi connectivity index (χ4v) is 4.65. The lowest BCUT2D eigenvalue weighted by molar-refractivity contribution is -0.143. The monoisotopic (exact) mass is 543 g/mol. The lowest BCUT2D eigenvalue weighted by atomic mass is 10.1. The molecule has 1 heterocycles. The Hall–Kier alpha value is -2.53. The molecule has 0 bridgehead atoms. The number of aliphatic carboxylic acids is 1. The van der Waals surface area contributed by atoms with E-state index in [1.165, 1.54) is 35.3 Å². The molecule has 0 saturated heterocycles. The lowest BCUT2D eigenvalue weighted by Gasteiger charge is -2.19. The molecule has 2 N–H and O–H groups in total. The predicted octanol–water partition coefficient (Wildman–Crippen LogP) is 6.37. The molecule has 34 heavy (non-hydrogen) atoms. The van der Waals surface area contributed by atoms with Crippen molar-refractivity contribution < 1.29 is 23.8 Å². The van der Waals surface area contributed by atoms with Crippen molar-refractivity contribution in [1.29, 1.82) is 0 Å². The SMILES string of the molecule is CC(=O)N(CCCc1cc(Cl)ccc1Oc1cc(F)c(SNc2cscn2)cc1Cl)CC(=O)O. The van der Waals surface area contributed by atoms with Crippen LogP contribution in [0.1, 0.15) is 18.9 Å². The van der Waals surface area contributed by atoms with Gasteiger partial charge in [-0.1, -0.05) is 23.2 Å². The number of rotatable bonds is 11. The number of carbonyl (C=O) groups excluding carboxylic acids is 1. The maximum absolute atomic E-state index is 14.7. The van der Waals surface area contributed by atoms with Crippen molar-refractivity contribution >= 4 is 64.2 Å². The number of aryl methyl sites for hydroxylation is 1. The number of halogens is 3. The number of aromatic nitrogens is 1. The molecule has 1 amide bonds. The van der Waals surface area contributed by atoms with Crippen LogP contribution in [0.3, 0.4) is 0 Å². The summed E-state index contributed by atoms with van der Waals surface area (Å²) in [5.41, 5.74) is 2.38. The summed E-state index contributed by atoms with van der Waals surface area (Å²) >= 11 is 15.0. The molecule has 2 aromatic carbocycles. The van der Waals surface area contributed by atoms with Crippen molar-refractivity contribution in [1.82, 2.24) is 9.88 Å². The first-order chi connectivity index (χ1) is 16.2.